The molecule has 33 heavy (non-hydrogen) atoms. The van der Waals surface area contributed by atoms with Crippen LogP contribution in [0.2, 0.25) is 0 Å². The van der Waals surface area contributed by atoms with Gasteiger partial charge in [-0.1, -0.05) is 54.6 Å². The Bertz CT molecular complexity index is 1330. The molecule has 0 bridgehead atoms. The third kappa shape index (κ3) is 4.45. The fourth-order valence-corrected chi connectivity index (χ4v) is 3.90. The number of ether oxygens (including phenoxy) is 2. The molecule has 5 rings (SSSR count). The highest BCUT2D eigenvalue weighted by Crippen LogP contribution is 2.23. The van der Waals surface area contributed by atoms with Crippen LogP contribution in [-0.2, 0) is 18.0 Å². The Labute approximate surface area is 191 Å². The van der Waals surface area contributed by atoms with Crippen LogP contribution in [0, 0.1) is 11.3 Å². The van der Waals surface area contributed by atoms with Gasteiger partial charge < -0.3 is 18.8 Å². The molecule has 0 aliphatic carbocycles. The van der Waals surface area contributed by atoms with Crippen LogP contribution >= 0.6 is 0 Å². The lowest BCUT2D eigenvalue weighted by Gasteiger charge is -2.38. The number of fused-ring (bicyclic) bond motifs is 1. The Morgan fingerprint density at radius 2 is 1.76 bits per heavy atom. The average molecular weight is 438 g/mol. The molecule has 6 heteroatoms. The standard InChI is InChI=1S/C27H22N2O4/c28-14-20-7-2-4-11-25(20)32-18-22-12-13-26(33-22)27(30)29-15-23(16-29)31-17-21-9-5-8-19-6-1-3-10-24(19)21/h1-13,23H,15-18H2. The summed E-state index contributed by atoms with van der Waals surface area (Å²) < 4.78 is 17.4. The minimum Gasteiger partial charge on any atom is -0.484 e. The van der Waals surface area contributed by atoms with Gasteiger partial charge in [0.05, 0.1) is 18.3 Å². The van der Waals surface area contributed by atoms with Crippen molar-refractivity contribution in [1.82, 2.24) is 4.90 Å². The monoisotopic (exact) mass is 438 g/mol. The van der Waals surface area contributed by atoms with Crippen LogP contribution in [0.5, 0.6) is 5.75 Å². The first-order valence-electron chi connectivity index (χ1n) is 10.8. The van der Waals surface area contributed by atoms with Gasteiger partial charge in [0, 0.05) is 13.1 Å². The van der Waals surface area contributed by atoms with Crippen molar-refractivity contribution in [2.45, 2.75) is 19.3 Å². The molecule has 1 fully saturated rings. The largest absolute Gasteiger partial charge is 0.484 e. The summed E-state index contributed by atoms with van der Waals surface area (Å²) in [6.07, 6.45) is 0.00756. The number of para-hydroxylation sites is 1. The molecular formula is C27H22N2O4. The number of hydrogen-bond donors (Lipinski definition) is 0. The highest BCUT2D eigenvalue weighted by atomic mass is 16.5. The predicted octanol–water partition coefficient (Wildman–Crippen LogP) is 4.92. The van der Waals surface area contributed by atoms with E-state index < -0.39 is 0 Å². The predicted molar refractivity (Wildman–Crippen MR) is 123 cm³/mol. The van der Waals surface area contributed by atoms with Crippen molar-refractivity contribution in [3.63, 3.8) is 0 Å². The van der Waals surface area contributed by atoms with Crippen LogP contribution in [0.4, 0.5) is 0 Å². The van der Waals surface area contributed by atoms with Gasteiger partial charge in [0.25, 0.3) is 5.91 Å². The molecule has 4 aromatic rings. The van der Waals surface area contributed by atoms with Gasteiger partial charge >= 0.3 is 0 Å². The number of amides is 1. The van der Waals surface area contributed by atoms with E-state index in [-0.39, 0.29) is 24.4 Å². The van der Waals surface area contributed by atoms with E-state index in [2.05, 4.69) is 30.3 Å². The normalized spacial score (nSPS) is 13.5. The summed E-state index contributed by atoms with van der Waals surface area (Å²) in [4.78, 5) is 14.4. The molecule has 0 spiro atoms. The number of carbonyl (C=O) groups is 1. The fourth-order valence-electron chi connectivity index (χ4n) is 3.90. The first-order chi connectivity index (χ1) is 16.2. The lowest BCUT2D eigenvalue weighted by atomic mass is 10.1. The van der Waals surface area contributed by atoms with E-state index in [1.807, 2.05) is 18.2 Å². The molecule has 6 nitrogen and oxygen atoms in total. The Hall–Kier alpha value is -4.08. The third-order valence-corrected chi connectivity index (χ3v) is 5.74. The zero-order valence-electron chi connectivity index (χ0n) is 17.9. The molecule has 1 aliphatic heterocycles. The maximum atomic E-state index is 12.7. The number of nitriles is 1. The first kappa shape index (κ1) is 20.8. The van der Waals surface area contributed by atoms with E-state index in [0.717, 1.165) is 5.56 Å². The third-order valence-electron chi connectivity index (χ3n) is 5.74. The maximum absolute atomic E-state index is 12.7. The zero-order chi connectivity index (χ0) is 22.6. The van der Waals surface area contributed by atoms with Crippen LogP contribution in [0.1, 0.15) is 27.4 Å². The minimum absolute atomic E-state index is 0.00756. The summed E-state index contributed by atoms with van der Waals surface area (Å²) in [5.74, 6) is 1.12. The Morgan fingerprint density at radius 1 is 0.970 bits per heavy atom. The molecule has 1 aliphatic rings. The number of rotatable bonds is 7. The lowest BCUT2D eigenvalue weighted by Crippen LogP contribution is -2.54. The van der Waals surface area contributed by atoms with Gasteiger partial charge in [-0.25, -0.2) is 0 Å². The highest BCUT2D eigenvalue weighted by molar-refractivity contribution is 5.92. The van der Waals surface area contributed by atoms with Gasteiger partial charge in [0.15, 0.2) is 5.76 Å². The molecule has 3 aromatic carbocycles. The van der Waals surface area contributed by atoms with E-state index in [1.165, 1.54) is 10.8 Å². The van der Waals surface area contributed by atoms with Crippen molar-refractivity contribution in [3.05, 3.63) is 102 Å². The number of furan rings is 1. The summed E-state index contributed by atoms with van der Waals surface area (Å²) in [6, 6.07) is 26.9. The van der Waals surface area contributed by atoms with E-state index in [9.17, 15) is 4.79 Å². The zero-order valence-corrected chi connectivity index (χ0v) is 17.9. The van der Waals surface area contributed by atoms with Gasteiger partial charge in [-0.3, -0.25) is 4.79 Å². The Balaban J connectivity index is 1.12. The number of carbonyl (C=O) groups excluding carboxylic acids is 1. The summed E-state index contributed by atoms with van der Waals surface area (Å²) >= 11 is 0. The minimum atomic E-state index is -0.163. The van der Waals surface area contributed by atoms with E-state index in [0.29, 0.717) is 36.8 Å². The van der Waals surface area contributed by atoms with E-state index in [1.54, 1.807) is 41.3 Å². The van der Waals surface area contributed by atoms with Crippen molar-refractivity contribution in [2.24, 2.45) is 0 Å². The summed E-state index contributed by atoms with van der Waals surface area (Å²) in [5.41, 5.74) is 1.60. The molecule has 0 N–H and O–H groups in total. The van der Waals surface area contributed by atoms with Crippen molar-refractivity contribution in [3.8, 4) is 11.8 Å². The molecule has 0 unspecified atom stereocenters. The maximum Gasteiger partial charge on any atom is 0.289 e. The second-order valence-electron chi connectivity index (χ2n) is 7.94. The van der Waals surface area contributed by atoms with Crippen molar-refractivity contribution < 1.29 is 18.7 Å². The SMILES string of the molecule is N#Cc1ccccc1OCc1ccc(C(=O)N2CC(OCc3cccc4ccccc34)C2)o1. The molecule has 0 radical (unpaired) electrons. The van der Waals surface area contributed by atoms with Gasteiger partial charge in [-0.15, -0.1) is 0 Å². The lowest BCUT2D eigenvalue weighted by molar-refractivity contribution is -0.0509. The van der Waals surface area contributed by atoms with Crippen molar-refractivity contribution in [2.75, 3.05) is 13.1 Å². The number of benzene rings is 3. The fraction of sp³-hybridized carbons (Fsp3) is 0.185. The van der Waals surface area contributed by atoms with Gasteiger partial charge in [-0.05, 0) is 40.6 Å². The van der Waals surface area contributed by atoms with Crippen LogP contribution in [0.25, 0.3) is 10.8 Å². The van der Waals surface area contributed by atoms with Gasteiger partial charge in [-0.2, -0.15) is 5.26 Å². The van der Waals surface area contributed by atoms with Gasteiger partial charge in [0.1, 0.15) is 24.2 Å². The molecular weight excluding hydrogens is 416 g/mol. The number of hydrogen-bond acceptors (Lipinski definition) is 5. The molecule has 0 saturated carbocycles. The smallest absolute Gasteiger partial charge is 0.289 e. The highest BCUT2D eigenvalue weighted by Gasteiger charge is 2.33. The summed E-state index contributed by atoms with van der Waals surface area (Å²) in [5, 5.41) is 11.5. The summed E-state index contributed by atoms with van der Waals surface area (Å²) in [6.45, 7) is 1.72. The van der Waals surface area contributed by atoms with E-state index >= 15 is 0 Å². The van der Waals surface area contributed by atoms with Crippen LogP contribution < -0.4 is 4.74 Å². The second-order valence-corrected chi connectivity index (χ2v) is 7.94. The summed E-state index contributed by atoms with van der Waals surface area (Å²) in [7, 11) is 0. The molecule has 1 aromatic heterocycles. The number of nitrogens with zero attached hydrogens (tertiary/aromatic N) is 2. The molecule has 164 valence electrons. The van der Waals surface area contributed by atoms with Crippen molar-refractivity contribution in [1.29, 1.82) is 5.26 Å². The quantitative estimate of drug-likeness (QED) is 0.409. The Kier molecular flexibility index (Phi) is 5.79. The van der Waals surface area contributed by atoms with Crippen LogP contribution in [0.15, 0.2) is 83.3 Å². The topological polar surface area (TPSA) is 75.7 Å². The number of likely N-dealkylation sites (tertiary alicyclic amines) is 1. The molecule has 1 saturated heterocycles. The van der Waals surface area contributed by atoms with Gasteiger partial charge in [0.2, 0.25) is 0 Å². The Morgan fingerprint density at radius 3 is 2.64 bits per heavy atom. The second kappa shape index (κ2) is 9.19. The van der Waals surface area contributed by atoms with Crippen molar-refractivity contribution >= 4 is 16.7 Å². The molecule has 0 atom stereocenters. The van der Waals surface area contributed by atoms with Crippen LogP contribution in [0.3, 0.4) is 0 Å². The molecule has 2 heterocycles. The molecule has 1 amide bonds. The van der Waals surface area contributed by atoms with Crippen LogP contribution in [-0.4, -0.2) is 30.0 Å². The average Bonchev–Trinajstić information content (AvgIpc) is 3.31. The first-order valence-corrected chi connectivity index (χ1v) is 10.8. The van der Waals surface area contributed by atoms with E-state index in [4.69, 9.17) is 19.2 Å².